The van der Waals surface area contributed by atoms with Gasteiger partial charge in [0.25, 0.3) is 0 Å². The number of nitrogens with zero attached hydrogens (tertiary/aromatic N) is 4. The standard InChI is InChI=1S/C20H24N6O3/c27-20(21-11-17-23-18(25-24-17)16-8-4-10-28-16)26-9-3-5-13(12-26)19-22-14-6-1-2-7-15(14)29-19/h1-2,6-7,13,16H,3-5,8-12H2,(H,21,27)(H,23,24,25). The van der Waals surface area contributed by atoms with Gasteiger partial charge in [-0.15, -0.1) is 0 Å². The zero-order valence-corrected chi connectivity index (χ0v) is 16.1. The SMILES string of the molecule is O=C(NCc1nc(C2CCCO2)n[nH]1)N1CCCC(c2nc3ccccc3o2)C1. The van der Waals surface area contributed by atoms with Gasteiger partial charge in [0.1, 0.15) is 17.4 Å². The maximum Gasteiger partial charge on any atom is 0.317 e. The minimum atomic E-state index is -0.110. The highest BCUT2D eigenvalue weighted by molar-refractivity contribution is 5.74. The molecule has 2 N–H and O–H groups in total. The molecule has 2 saturated heterocycles. The number of aromatic nitrogens is 4. The van der Waals surface area contributed by atoms with Crippen molar-refractivity contribution in [1.82, 2.24) is 30.4 Å². The molecular weight excluding hydrogens is 372 g/mol. The predicted molar refractivity (Wildman–Crippen MR) is 104 cm³/mol. The number of aromatic amines is 1. The van der Waals surface area contributed by atoms with Gasteiger partial charge in [0.05, 0.1) is 12.5 Å². The Morgan fingerprint density at radius 1 is 1.24 bits per heavy atom. The number of hydrogen-bond acceptors (Lipinski definition) is 6. The normalized spacial score (nSPS) is 22.3. The fraction of sp³-hybridized carbons (Fsp3) is 0.500. The van der Waals surface area contributed by atoms with E-state index in [0.717, 1.165) is 49.9 Å². The molecule has 0 saturated carbocycles. The van der Waals surface area contributed by atoms with Crippen LogP contribution in [0.4, 0.5) is 4.79 Å². The summed E-state index contributed by atoms with van der Waals surface area (Å²) in [6.07, 6.45) is 3.82. The maximum atomic E-state index is 12.7. The fourth-order valence-electron chi connectivity index (χ4n) is 4.01. The minimum absolute atomic E-state index is 0.0325. The first-order valence-electron chi connectivity index (χ1n) is 10.2. The summed E-state index contributed by atoms with van der Waals surface area (Å²) in [5.74, 6) is 2.12. The molecule has 152 valence electrons. The number of para-hydroxylation sites is 2. The number of likely N-dealkylation sites (tertiary alicyclic amines) is 1. The third kappa shape index (κ3) is 3.82. The molecule has 0 spiro atoms. The minimum Gasteiger partial charge on any atom is -0.440 e. The first-order valence-corrected chi connectivity index (χ1v) is 10.2. The molecule has 2 aromatic heterocycles. The van der Waals surface area contributed by atoms with Crippen molar-refractivity contribution in [3.8, 4) is 0 Å². The molecule has 1 aromatic carbocycles. The number of amides is 2. The van der Waals surface area contributed by atoms with Gasteiger partial charge in [-0.05, 0) is 37.8 Å². The van der Waals surface area contributed by atoms with Gasteiger partial charge in [-0.25, -0.2) is 14.8 Å². The predicted octanol–water partition coefficient (Wildman–Crippen LogP) is 2.89. The zero-order valence-electron chi connectivity index (χ0n) is 16.1. The van der Waals surface area contributed by atoms with Crippen LogP contribution in [0.2, 0.25) is 0 Å². The molecule has 2 aliphatic heterocycles. The van der Waals surface area contributed by atoms with E-state index >= 15 is 0 Å². The Hall–Kier alpha value is -2.94. The van der Waals surface area contributed by atoms with Gasteiger partial charge in [0.2, 0.25) is 0 Å². The van der Waals surface area contributed by atoms with Gasteiger partial charge in [0, 0.05) is 19.7 Å². The highest BCUT2D eigenvalue weighted by Crippen LogP contribution is 2.29. The number of hydrogen-bond donors (Lipinski definition) is 2. The van der Waals surface area contributed by atoms with Crippen LogP contribution in [0.15, 0.2) is 28.7 Å². The zero-order chi connectivity index (χ0) is 19.6. The number of ether oxygens (including phenoxy) is 1. The first-order chi connectivity index (χ1) is 14.3. The number of benzene rings is 1. The molecule has 2 atom stereocenters. The number of piperidine rings is 1. The number of oxazole rings is 1. The quantitative estimate of drug-likeness (QED) is 0.702. The van der Waals surface area contributed by atoms with E-state index in [9.17, 15) is 4.79 Å². The molecule has 2 unspecified atom stereocenters. The average Bonchev–Trinajstić information content (AvgIpc) is 3.52. The van der Waals surface area contributed by atoms with Crippen molar-refractivity contribution in [2.45, 2.75) is 44.2 Å². The van der Waals surface area contributed by atoms with Gasteiger partial charge in [0.15, 0.2) is 17.3 Å². The average molecular weight is 396 g/mol. The summed E-state index contributed by atoms with van der Waals surface area (Å²) >= 11 is 0. The monoisotopic (exact) mass is 396 g/mol. The Morgan fingerprint density at radius 2 is 2.17 bits per heavy atom. The second-order valence-corrected chi connectivity index (χ2v) is 7.61. The van der Waals surface area contributed by atoms with Crippen LogP contribution in [0.25, 0.3) is 11.1 Å². The molecule has 0 radical (unpaired) electrons. The number of urea groups is 1. The Labute approximate surface area is 167 Å². The second-order valence-electron chi connectivity index (χ2n) is 7.61. The molecule has 9 nitrogen and oxygen atoms in total. The number of carbonyl (C=O) groups excluding carboxylic acids is 1. The van der Waals surface area contributed by atoms with E-state index in [-0.39, 0.29) is 18.1 Å². The van der Waals surface area contributed by atoms with Crippen LogP contribution in [0.3, 0.4) is 0 Å². The lowest BCUT2D eigenvalue weighted by molar-refractivity contribution is 0.105. The highest BCUT2D eigenvalue weighted by Gasteiger charge is 2.28. The van der Waals surface area contributed by atoms with E-state index in [1.807, 2.05) is 29.2 Å². The maximum absolute atomic E-state index is 12.7. The van der Waals surface area contributed by atoms with E-state index in [0.29, 0.717) is 30.6 Å². The van der Waals surface area contributed by atoms with Crippen LogP contribution in [0, 0.1) is 0 Å². The van der Waals surface area contributed by atoms with Crippen molar-refractivity contribution in [1.29, 1.82) is 0 Å². The van der Waals surface area contributed by atoms with Crippen molar-refractivity contribution in [2.75, 3.05) is 19.7 Å². The molecule has 29 heavy (non-hydrogen) atoms. The lowest BCUT2D eigenvalue weighted by Crippen LogP contribution is -2.44. The highest BCUT2D eigenvalue weighted by atomic mass is 16.5. The summed E-state index contributed by atoms with van der Waals surface area (Å²) in [6.45, 7) is 2.38. The summed E-state index contributed by atoms with van der Waals surface area (Å²) < 4.78 is 11.5. The summed E-state index contributed by atoms with van der Waals surface area (Å²) in [6, 6.07) is 7.63. The molecule has 2 fully saturated rings. The van der Waals surface area contributed by atoms with Crippen molar-refractivity contribution in [2.24, 2.45) is 0 Å². The summed E-state index contributed by atoms with van der Waals surface area (Å²) in [4.78, 5) is 23.5. The van der Waals surface area contributed by atoms with Gasteiger partial charge in [-0.2, -0.15) is 5.10 Å². The molecule has 3 aromatic rings. The molecular formula is C20H24N6O3. The van der Waals surface area contributed by atoms with Gasteiger partial charge in [-0.1, -0.05) is 12.1 Å². The van der Waals surface area contributed by atoms with E-state index in [1.165, 1.54) is 0 Å². The van der Waals surface area contributed by atoms with Crippen molar-refractivity contribution < 1.29 is 13.9 Å². The van der Waals surface area contributed by atoms with Crippen LogP contribution < -0.4 is 5.32 Å². The Kier molecular flexibility index (Phi) is 4.89. The number of rotatable bonds is 4. The third-order valence-corrected chi connectivity index (χ3v) is 5.54. The first kappa shape index (κ1) is 18.1. The van der Waals surface area contributed by atoms with Gasteiger partial charge < -0.3 is 19.4 Å². The number of carbonyl (C=O) groups is 1. The molecule has 0 aliphatic carbocycles. The smallest absolute Gasteiger partial charge is 0.317 e. The molecule has 2 amide bonds. The lowest BCUT2D eigenvalue weighted by atomic mass is 9.98. The summed E-state index contributed by atoms with van der Waals surface area (Å²) in [5.41, 5.74) is 1.65. The van der Waals surface area contributed by atoms with Crippen LogP contribution in [0.1, 0.15) is 55.2 Å². The molecule has 9 heteroatoms. The second kappa shape index (κ2) is 7.82. The Balaban J connectivity index is 1.18. The molecule has 5 rings (SSSR count). The van der Waals surface area contributed by atoms with Crippen LogP contribution in [-0.2, 0) is 11.3 Å². The number of nitrogens with one attached hydrogen (secondary N) is 2. The Morgan fingerprint density at radius 3 is 3.03 bits per heavy atom. The largest absolute Gasteiger partial charge is 0.440 e. The van der Waals surface area contributed by atoms with Crippen LogP contribution >= 0.6 is 0 Å². The molecule has 0 bridgehead atoms. The lowest BCUT2D eigenvalue weighted by Gasteiger charge is -2.31. The van der Waals surface area contributed by atoms with Crippen LogP contribution in [-0.4, -0.2) is 50.8 Å². The number of fused-ring (bicyclic) bond motifs is 1. The van der Waals surface area contributed by atoms with Gasteiger partial charge >= 0.3 is 6.03 Å². The van der Waals surface area contributed by atoms with Crippen molar-refractivity contribution in [3.63, 3.8) is 0 Å². The van der Waals surface area contributed by atoms with E-state index < -0.39 is 0 Å². The Bertz CT molecular complexity index is 960. The van der Waals surface area contributed by atoms with Crippen molar-refractivity contribution >= 4 is 17.1 Å². The van der Waals surface area contributed by atoms with E-state index in [4.69, 9.17) is 9.15 Å². The molecule has 2 aliphatic rings. The van der Waals surface area contributed by atoms with Crippen molar-refractivity contribution in [3.05, 3.63) is 41.8 Å². The summed E-state index contributed by atoms with van der Waals surface area (Å²) in [7, 11) is 0. The number of H-pyrrole nitrogens is 1. The third-order valence-electron chi connectivity index (χ3n) is 5.54. The fourth-order valence-corrected chi connectivity index (χ4v) is 4.01. The van der Waals surface area contributed by atoms with Crippen LogP contribution in [0.5, 0.6) is 0 Å². The van der Waals surface area contributed by atoms with E-state index in [1.54, 1.807) is 0 Å². The van der Waals surface area contributed by atoms with Gasteiger partial charge in [-0.3, -0.25) is 5.10 Å². The summed E-state index contributed by atoms with van der Waals surface area (Å²) in [5, 5.41) is 10.0. The van der Waals surface area contributed by atoms with E-state index in [2.05, 4.69) is 25.5 Å². The topological polar surface area (TPSA) is 109 Å². The molecule has 4 heterocycles.